The van der Waals surface area contributed by atoms with Gasteiger partial charge in [0.05, 0.1) is 12.8 Å². The van der Waals surface area contributed by atoms with E-state index in [0.717, 1.165) is 11.3 Å². The van der Waals surface area contributed by atoms with Crippen LogP contribution in [0.5, 0.6) is 5.88 Å². The van der Waals surface area contributed by atoms with Gasteiger partial charge in [-0.3, -0.25) is 0 Å². The summed E-state index contributed by atoms with van der Waals surface area (Å²) in [5.74, 6) is 0.351. The zero-order valence-electron chi connectivity index (χ0n) is 13.5. The lowest BCUT2D eigenvalue weighted by Gasteiger charge is -2.11. The van der Waals surface area contributed by atoms with Crippen molar-refractivity contribution in [3.63, 3.8) is 0 Å². The molecule has 24 heavy (non-hydrogen) atoms. The third-order valence-corrected chi connectivity index (χ3v) is 4.58. The Kier molecular flexibility index (Phi) is 5.17. The van der Waals surface area contributed by atoms with Crippen LogP contribution in [0.2, 0.25) is 0 Å². The van der Waals surface area contributed by atoms with Gasteiger partial charge in [0.2, 0.25) is 5.88 Å². The van der Waals surface area contributed by atoms with Crippen molar-refractivity contribution in [1.29, 1.82) is 0 Å². The molecule has 0 aliphatic rings. The Morgan fingerprint density at radius 1 is 1.25 bits per heavy atom. The molecule has 0 radical (unpaired) electrons. The van der Waals surface area contributed by atoms with Gasteiger partial charge in [0, 0.05) is 35.8 Å². The molecule has 0 amide bonds. The molecule has 3 aromatic rings. The van der Waals surface area contributed by atoms with Gasteiger partial charge in [0.15, 0.2) is 0 Å². The summed E-state index contributed by atoms with van der Waals surface area (Å²) in [6, 6.07) is 10.6. The number of benzene rings is 1. The second-order valence-corrected chi connectivity index (χ2v) is 6.23. The minimum atomic E-state index is -0.247. The van der Waals surface area contributed by atoms with Crippen molar-refractivity contribution in [2.75, 3.05) is 7.11 Å². The summed E-state index contributed by atoms with van der Waals surface area (Å²) in [6.45, 7) is 2.71. The third kappa shape index (κ3) is 3.77. The monoisotopic (exact) mass is 343 g/mol. The number of nitrogens with zero attached hydrogens (tertiary/aromatic N) is 2. The quantitative estimate of drug-likeness (QED) is 0.728. The second kappa shape index (κ2) is 7.51. The fourth-order valence-electron chi connectivity index (χ4n) is 2.26. The minimum absolute atomic E-state index is 0.0591. The third-order valence-electron chi connectivity index (χ3n) is 3.69. The highest BCUT2D eigenvalue weighted by atomic mass is 32.1. The number of methoxy groups -OCH3 is 1. The molecule has 124 valence electrons. The van der Waals surface area contributed by atoms with Gasteiger partial charge in [-0.2, -0.15) is 0 Å². The van der Waals surface area contributed by atoms with Gasteiger partial charge in [-0.1, -0.05) is 18.2 Å². The van der Waals surface area contributed by atoms with E-state index in [-0.39, 0.29) is 11.9 Å². The zero-order valence-corrected chi connectivity index (χ0v) is 14.3. The molecule has 0 saturated carbocycles. The molecule has 6 heteroatoms. The topological polar surface area (TPSA) is 47.0 Å². The Morgan fingerprint density at radius 3 is 2.79 bits per heavy atom. The van der Waals surface area contributed by atoms with Gasteiger partial charge < -0.3 is 10.1 Å². The van der Waals surface area contributed by atoms with E-state index < -0.39 is 0 Å². The van der Waals surface area contributed by atoms with Crippen LogP contribution < -0.4 is 10.1 Å². The molecule has 0 bridgehead atoms. The van der Waals surface area contributed by atoms with Crippen LogP contribution in [0.4, 0.5) is 4.39 Å². The van der Waals surface area contributed by atoms with Gasteiger partial charge in [0.25, 0.3) is 0 Å². The van der Waals surface area contributed by atoms with E-state index >= 15 is 0 Å². The standard InChI is InChI=1S/C18H18FN3OS/c1-12(20-9-13-7-8-17(23-2)21-10-13)16-11-24-18(22-16)14-5-3-4-6-15(14)19/h3-8,10-12,20H,9H2,1-2H3. The Hall–Kier alpha value is -2.31. The van der Waals surface area contributed by atoms with E-state index in [1.807, 2.05) is 30.5 Å². The van der Waals surface area contributed by atoms with Gasteiger partial charge in [-0.25, -0.2) is 14.4 Å². The van der Waals surface area contributed by atoms with E-state index in [4.69, 9.17) is 4.74 Å². The first kappa shape index (κ1) is 16.5. The van der Waals surface area contributed by atoms with E-state index in [9.17, 15) is 4.39 Å². The van der Waals surface area contributed by atoms with Gasteiger partial charge in [0.1, 0.15) is 10.8 Å². The van der Waals surface area contributed by atoms with E-state index in [2.05, 4.69) is 15.3 Å². The predicted octanol–water partition coefficient (Wildman–Crippen LogP) is 4.20. The average Bonchev–Trinajstić information content (AvgIpc) is 3.10. The van der Waals surface area contributed by atoms with Crippen molar-refractivity contribution < 1.29 is 9.13 Å². The number of aromatic nitrogens is 2. The highest BCUT2D eigenvalue weighted by Gasteiger charge is 2.13. The summed E-state index contributed by atoms with van der Waals surface area (Å²) in [4.78, 5) is 8.75. The van der Waals surface area contributed by atoms with Crippen LogP contribution in [0.3, 0.4) is 0 Å². The Morgan fingerprint density at radius 2 is 2.08 bits per heavy atom. The summed E-state index contributed by atoms with van der Waals surface area (Å²) in [7, 11) is 1.59. The van der Waals surface area contributed by atoms with Crippen LogP contribution in [-0.2, 0) is 6.54 Å². The number of hydrogen-bond acceptors (Lipinski definition) is 5. The zero-order chi connectivity index (χ0) is 16.9. The lowest BCUT2D eigenvalue weighted by molar-refractivity contribution is 0.397. The molecule has 0 aliphatic carbocycles. The molecule has 1 N–H and O–H groups in total. The van der Waals surface area contributed by atoms with Crippen LogP contribution >= 0.6 is 11.3 Å². The molecule has 3 rings (SSSR count). The number of hydrogen-bond donors (Lipinski definition) is 1. The number of halogens is 1. The lowest BCUT2D eigenvalue weighted by atomic mass is 10.2. The highest BCUT2D eigenvalue weighted by molar-refractivity contribution is 7.13. The first-order valence-electron chi connectivity index (χ1n) is 7.60. The van der Waals surface area contributed by atoms with Crippen LogP contribution in [0.1, 0.15) is 24.2 Å². The fraction of sp³-hybridized carbons (Fsp3) is 0.222. The van der Waals surface area contributed by atoms with Crippen molar-refractivity contribution in [1.82, 2.24) is 15.3 Å². The summed E-state index contributed by atoms with van der Waals surface area (Å²) < 4.78 is 18.9. The van der Waals surface area contributed by atoms with Crippen LogP contribution in [0, 0.1) is 5.82 Å². The first-order valence-corrected chi connectivity index (χ1v) is 8.48. The Bertz CT molecular complexity index is 804. The SMILES string of the molecule is COc1ccc(CNC(C)c2csc(-c3ccccc3F)n2)cn1. The molecule has 1 atom stereocenters. The first-order chi connectivity index (χ1) is 11.7. The maximum absolute atomic E-state index is 13.9. The van der Waals surface area contributed by atoms with Crippen molar-refractivity contribution in [3.05, 3.63) is 65.0 Å². The molecule has 1 aromatic carbocycles. The molecule has 2 aromatic heterocycles. The number of thiazole rings is 1. The molecule has 2 heterocycles. The van der Waals surface area contributed by atoms with Crippen LogP contribution in [-0.4, -0.2) is 17.1 Å². The lowest BCUT2D eigenvalue weighted by Crippen LogP contribution is -2.18. The Balaban J connectivity index is 1.65. The van der Waals surface area contributed by atoms with E-state index in [1.54, 1.807) is 25.4 Å². The van der Waals surface area contributed by atoms with Gasteiger partial charge in [-0.05, 0) is 24.6 Å². The highest BCUT2D eigenvalue weighted by Crippen LogP contribution is 2.28. The largest absolute Gasteiger partial charge is 0.481 e. The maximum Gasteiger partial charge on any atom is 0.212 e. The van der Waals surface area contributed by atoms with Crippen molar-refractivity contribution >= 4 is 11.3 Å². The molecular weight excluding hydrogens is 325 g/mol. The molecule has 0 saturated heterocycles. The molecule has 0 aliphatic heterocycles. The van der Waals surface area contributed by atoms with Crippen LogP contribution in [0.15, 0.2) is 48.0 Å². The normalized spacial score (nSPS) is 12.1. The summed E-state index contributed by atoms with van der Waals surface area (Å²) in [5.41, 5.74) is 2.51. The molecular formula is C18H18FN3OS. The minimum Gasteiger partial charge on any atom is -0.481 e. The summed E-state index contributed by atoms with van der Waals surface area (Å²) in [5, 5.41) is 6.06. The second-order valence-electron chi connectivity index (χ2n) is 5.37. The fourth-order valence-corrected chi connectivity index (χ4v) is 3.19. The van der Waals surface area contributed by atoms with Crippen molar-refractivity contribution in [2.45, 2.75) is 19.5 Å². The van der Waals surface area contributed by atoms with E-state index in [1.165, 1.54) is 17.4 Å². The summed E-state index contributed by atoms with van der Waals surface area (Å²) >= 11 is 1.45. The number of pyridine rings is 1. The van der Waals surface area contributed by atoms with Crippen molar-refractivity contribution in [2.24, 2.45) is 0 Å². The Labute approximate surface area is 144 Å². The summed E-state index contributed by atoms with van der Waals surface area (Å²) in [6.07, 6.45) is 1.78. The number of nitrogens with one attached hydrogen (secondary N) is 1. The molecule has 1 unspecified atom stereocenters. The molecule has 0 fully saturated rings. The predicted molar refractivity (Wildman–Crippen MR) is 93.6 cm³/mol. The number of ether oxygens (including phenoxy) is 1. The van der Waals surface area contributed by atoms with Gasteiger partial charge in [-0.15, -0.1) is 11.3 Å². The maximum atomic E-state index is 13.9. The molecule has 0 spiro atoms. The van der Waals surface area contributed by atoms with Crippen LogP contribution in [0.25, 0.3) is 10.6 Å². The van der Waals surface area contributed by atoms with Gasteiger partial charge >= 0.3 is 0 Å². The van der Waals surface area contributed by atoms with Crippen molar-refractivity contribution in [3.8, 4) is 16.5 Å². The number of rotatable bonds is 6. The average molecular weight is 343 g/mol. The van der Waals surface area contributed by atoms with E-state index in [0.29, 0.717) is 23.0 Å². The molecule has 4 nitrogen and oxygen atoms in total. The smallest absolute Gasteiger partial charge is 0.212 e.